The summed E-state index contributed by atoms with van der Waals surface area (Å²) < 4.78 is 0. The molecule has 3 rings (SSSR count). The third-order valence-corrected chi connectivity index (χ3v) is 5.65. The minimum absolute atomic E-state index is 0.395. The Bertz CT molecular complexity index is 926. The maximum atomic E-state index is 11.0. The quantitative estimate of drug-likeness (QED) is 0.472. The molecule has 0 unspecified atom stereocenters. The van der Waals surface area contributed by atoms with Crippen molar-refractivity contribution in [2.24, 2.45) is 0 Å². The maximum Gasteiger partial charge on any atom is 0.141 e. The minimum Gasteiger partial charge on any atom is -0.507 e. The number of hydrogen-bond acceptors (Lipinski definition) is 6. The fourth-order valence-corrected chi connectivity index (χ4v) is 3.69. The first-order chi connectivity index (χ1) is 14.6. The van der Waals surface area contributed by atoms with Crippen LogP contribution in [0.5, 0.6) is 5.75 Å². The van der Waals surface area contributed by atoms with Crippen molar-refractivity contribution >= 4 is 22.4 Å². The molecule has 0 saturated carbocycles. The summed E-state index contributed by atoms with van der Waals surface area (Å²) in [5, 5.41) is 15.5. The number of nitrogens with one attached hydrogen (secondary N) is 1. The lowest BCUT2D eigenvalue weighted by Gasteiger charge is -2.23. The van der Waals surface area contributed by atoms with Crippen LogP contribution in [0.4, 0.5) is 11.5 Å². The van der Waals surface area contributed by atoms with E-state index < -0.39 is 0 Å². The van der Waals surface area contributed by atoms with Gasteiger partial charge in [-0.15, -0.1) is 0 Å². The highest BCUT2D eigenvalue weighted by atomic mass is 16.3. The van der Waals surface area contributed by atoms with Crippen LogP contribution < -0.4 is 5.32 Å². The van der Waals surface area contributed by atoms with Gasteiger partial charge in [0.05, 0.1) is 5.52 Å². The fourth-order valence-electron chi connectivity index (χ4n) is 3.69. The molecule has 0 bridgehead atoms. The van der Waals surface area contributed by atoms with Gasteiger partial charge in [0, 0.05) is 35.3 Å². The third-order valence-electron chi connectivity index (χ3n) is 5.65. The summed E-state index contributed by atoms with van der Waals surface area (Å²) in [4.78, 5) is 13.4. The highest BCUT2D eigenvalue weighted by molar-refractivity contribution is 5.90. The van der Waals surface area contributed by atoms with Gasteiger partial charge in [0.15, 0.2) is 0 Å². The van der Waals surface area contributed by atoms with E-state index in [4.69, 9.17) is 0 Å². The highest BCUT2D eigenvalue weighted by Crippen LogP contribution is 2.32. The summed E-state index contributed by atoms with van der Waals surface area (Å²) in [6.07, 6.45) is 1.58. The maximum absolute atomic E-state index is 11.0. The van der Waals surface area contributed by atoms with Crippen molar-refractivity contribution in [3.05, 3.63) is 53.9 Å². The molecule has 1 heterocycles. The SMILES string of the molecule is CCN(CC)Cc1cc(Nc2ncnc3ccccc23)cc(CN(CC)CC)c1O. The van der Waals surface area contributed by atoms with Crippen LogP contribution in [-0.2, 0) is 13.1 Å². The van der Waals surface area contributed by atoms with Crippen molar-refractivity contribution in [2.45, 2.75) is 40.8 Å². The molecule has 6 nitrogen and oxygen atoms in total. The van der Waals surface area contributed by atoms with E-state index >= 15 is 0 Å². The first-order valence-corrected chi connectivity index (χ1v) is 10.9. The molecule has 2 N–H and O–H groups in total. The van der Waals surface area contributed by atoms with E-state index in [1.165, 1.54) is 0 Å². The van der Waals surface area contributed by atoms with Crippen molar-refractivity contribution < 1.29 is 5.11 Å². The topological polar surface area (TPSA) is 64.5 Å². The molecule has 30 heavy (non-hydrogen) atoms. The minimum atomic E-state index is 0.395. The Labute approximate surface area is 179 Å². The Morgan fingerprint density at radius 2 is 1.40 bits per heavy atom. The summed E-state index contributed by atoms with van der Waals surface area (Å²) in [6.45, 7) is 13.8. The molecule has 0 amide bonds. The second-order valence-corrected chi connectivity index (χ2v) is 7.43. The lowest BCUT2D eigenvalue weighted by Crippen LogP contribution is -2.24. The van der Waals surface area contributed by atoms with E-state index in [9.17, 15) is 5.11 Å². The van der Waals surface area contributed by atoms with E-state index in [1.54, 1.807) is 6.33 Å². The van der Waals surface area contributed by atoms with Crippen LogP contribution in [0, 0.1) is 0 Å². The van der Waals surface area contributed by atoms with E-state index in [0.29, 0.717) is 18.8 Å². The summed E-state index contributed by atoms with van der Waals surface area (Å²) >= 11 is 0. The Morgan fingerprint density at radius 1 is 0.833 bits per heavy atom. The van der Waals surface area contributed by atoms with Gasteiger partial charge in [0.1, 0.15) is 17.9 Å². The molecule has 2 aromatic carbocycles. The Balaban J connectivity index is 2.01. The van der Waals surface area contributed by atoms with Crippen LogP contribution in [0.2, 0.25) is 0 Å². The van der Waals surface area contributed by atoms with E-state index in [-0.39, 0.29) is 0 Å². The van der Waals surface area contributed by atoms with E-state index in [1.807, 2.05) is 36.4 Å². The number of aromatic hydroxyl groups is 1. The van der Waals surface area contributed by atoms with Crippen LogP contribution in [0.25, 0.3) is 10.9 Å². The molecule has 160 valence electrons. The van der Waals surface area contributed by atoms with Gasteiger partial charge in [-0.1, -0.05) is 39.8 Å². The largest absolute Gasteiger partial charge is 0.507 e. The van der Waals surface area contributed by atoms with Crippen LogP contribution in [0.1, 0.15) is 38.8 Å². The number of benzene rings is 2. The zero-order chi connectivity index (χ0) is 21.5. The summed E-state index contributed by atoms with van der Waals surface area (Å²) in [7, 11) is 0. The lowest BCUT2D eigenvalue weighted by molar-refractivity contribution is 0.281. The zero-order valence-corrected chi connectivity index (χ0v) is 18.5. The first kappa shape index (κ1) is 22.0. The molecule has 0 radical (unpaired) electrons. The second kappa shape index (κ2) is 10.4. The zero-order valence-electron chi connectivity index (χ0n) is 18.5. The molecule has 1 aromatic heterocycles. The number of fused-ring (bicyclic) bond motifs is 1. The molecule has 0 aliphatic rings. The highest BCUT2D eigenvalue weighted by Gasteiger charge is 2.15. The number of phenols is 1. The number of nitrogens with zero attached hydrogens (tertiary/aromatic N) is 4. The fraction of sp³-hybridized carbons (Fsp3) is 0.417. The molecule has 0 fully saturated rings. The number of phenolic OH excluding ortho intramolecular Hbond substituents is 1. The van der Waals surface area contributed by atoms with Gasteiger partial charge in [0.25, 0.3) is 0 Å². The average molecular weight is 408 g/mol. The summed E-state index contributed by atoms with van der Waals surface area (Å²) in [5.74, 6) is 1.17. The van der Waals surface area contributed by atoms with Gasteiger partial charge in [-0.2, -0.15) is 0 Å². The van der Waals surface area contributed by atoms with Gasteiger partial charge < -0.3 is 10.4 Å². The van der Waals surface area contributed by atoms with Crippen molar-refractivity contribution in [2.75, 3.05) is 31.5 Å². The van der Waals surface area contributed by atoms with Gasteiger partial charge in [0.2, 0.25) is 0 Å². The molecule has 0 aliphatic heterocycles. The van der Waals surface area contributed by atoms with Crippen LogP contribution >= 0.6 is 0 Å². The summed E-state index contributed by atoms with van der Waals surface area (Å²) in [5.41, 5.74) is 3.70. The van der Waals surface area contributed by atoms with Crippen LogP contribution in [0.3, 0.4) is 0 Å². The van der Waals surface area contributed by atoms with Gasteiger partial charge in [-0.3, -0.25) is 9.80 Å². The molecule has 0 spiro atoms. The van der Waals surface area contributed by atoms with Crippen molar-refractivity contribution in [3.63, 3.8) is 0 Å². The predicted octanol–water partition coefficient (Wildman–Crippen LogP) is 4.76. The third kappa shape index (κ3) is 5.07. The van der Waals surface area contributed by atoms with E-state index in [2.05, 4.69) is 52.8 Å². The number of aromatic nitrogens is 2. The standard InChI is InChI=1S/C24H33N5O/c1-5-28(6-2)15-18-13-20(14-19(23(18)30)16-29(7-3)8-4)27-24-21-11-9-10-12-22(21)25-17-26-24/h9-14,17,30H,5-8,15-16H2,1-4H3,(H,25,26,27). The number of rotatable bonds is 10. The van der Waals surface area contributed by atoms with Gasteiger partial charge >= 0.3 is 0 Å². The Morgan fingerprint density at radius 3 is 1.97 bits per heavy atom. The van der Waals surface area contributed by atoms with Gasteiger partial charge in [-0.05, 0) is 50.4 Å². The van der Waals surface area contributed by atoms with Crippen LogP contribution in [-0.4, -0.2) is 51.1 Å². The molecule has 6 heteroatoms. The van der Waals surface area contributed by atoms with Crippen LogP contribution in [0.15, 0.2) is 42.7 Å². The monoisotopic (exact) mass is 407 g/mol. The Hall–Kier alpha value is -2.70. The van der Waals surface area contributed by atoms with Crippen molar-refractivity contribution in [1.82, 2.24) is 19.8 Å². The molecule has 3 aromatic rings. The normalized spacial score (nSPS) is 11.5. The van der Waals surface area contributed by atoms with E-state index in [0.717, 1.165) is 59.7 Å². The number of hydrogen-bond donors (Lipinski definition) is 2. The Kier molecular flexibility index (Phi) is 7.60. The van der Waals surface area contributed by atoms with Gasteiger partial charge in [-0.25, -0.2) is 9.97 Å². The first-order valence-electron chi connectivity index (χ1n) is 10.9. The molecular weight excluding hydrogens is 374 g/mol. The van der Waals surface area contributed by atoms with Crippen molar-refractivity contribution in [1.29, 1.82) is 0 Å². The number of anilines is 2. The second-order valence-electron chi connectivity index (χ2n) is 7.43. The average Bonchev–Trinajstić information content (AvgIpc) is 2.78. The van der Waals surface area contributed by atoms with Crippen molar-refractivity contribution in [3.8, 4) is 5.75 Å². The summed E-state index contributed by atoms with van der Waals surface area (Å²) in [6, 6.07) is 12.0. The molecular formula is C24H33N5O. The molecule has 0 aliphatic carbocycles. The lowest BCUT2D eigenvalue weighted by atomic mass is 10.1. The molecule has 0 saturated heterocycles. The molecule has 0 atom stereocenters. The number of para-hydroxylation sites is 1. The smallest absolute Gasteiger partial charge is 0.141 e. The predicted molar refractivity (Wildman–Crippen MR) is 124 cm³/mol.